The highest BCUT2D eigenvalue weighted by Gasteiger charge is 2.11. The predicted octanol–water partition coefficient (Wildman–Crippen LogP) is 4.55. The van der Waals surface area contributed by atoms with Gasteiger partial charge in [-0.1, -0.05) is 30.2 Å². The predicted molar refractivity (Wildman–Crippen MR) is 78.1 cm³/mol. The number of ketones is 1. The van der Waals surface area contributed by atoms with E-state index in [9.17, 15) is 4.79 Å². The molecule has 1 aromatic carbocycles. The molecular formula is C16H20OS. The van der Waals surface area contributed by atoms with E-state index in [0.29, 0.717) is 11.5 Å². The van der Waals surface area contributed by atoms with Gasteiger partial charge in [0.1, 0.15) is 0 Å². The van der Waals surface area contributed by atoms with Gasteiger partial charge in [-0.3, -0.25) is 4.79 Å². The second kappa shape index (κ2) is 6.79. The summed E-state index contributed by atoms with van der Waals surface area (Å²) in [6.45, 7) is 2.08. The summed E-state index contributed by atoms with van der Waals surface area (Å²) in [7, 11) is 0. The largest absolute Gasteiger partial charge is 0.294 e. The topological polar surface area (TPSA) is 17.1 Å². The fourth-order valence-electron chi connectivity index (χ4n) is 2.14. The zero-order valence-corrected chi connectivity index (χ0v) is 11.8. The van der Waals surface area contributed by atoms with Crippen LogP contribution in [-0.4, -0.2) is 11.5 Å². The van der Waals surface area contributed by atoms with Crippen LogP contribution >= 0.6 is 11.8 Å². The van der Waals surface area contributed by atoms with E-state index in [1.807, 2.05) is 0 Å². The maximum atomic E-state index is 12.1. The van der Waals surface area contributed by atoms with Crippen LogP contribution in [0, 0.1) is 6.92 Å². The molecule has 0 saturated carbocycles. The Labute approximate surface area is 114 Å². The highest BCUT2D eigenvalue weighted by molar-refractivity contribution is 8.00. The third kappa shape index (κ3) is 4.02. The van der Waals surface area contributed by atoms with Crippen LogP contribution in [0.5, 0.6) is 0 Å². The van der Waals surface area contributed by atoms with Gasteiger partial charge in [-0.05, 0) is 50.3 Å². The number of benzene rings is 1. The van der Waals surface area contributed by atoms with Crippen molar-refractivity contribution in [2.24, 2.45) is 0 Å². The molecule has 1 nitrogen and oxygen atoms in total. The molecule has 2 heteroatoms. The number of thioether (sulfide) groups is 1. The Morgan fingerprint density at radius 3 is 2.72 bits per heavy atom. The van der Waals surface area contributed by atoms with Crippen LogP contribution in [0.1, 0.15) is 37.7 Å². The van der Waals surface area contributed by atoms with Crippen LogP contribution in [0.2, 0.25) is 0 Å². The Morgan fingerprint density at radius 2 is 1.94 bits per heavy atom. The standard InChI is InChI=1S/C16H20OS/c1-13-8-10-15(11-9-13)18-12-16(17)14-6-4-2-3-5-7-14/h6,8-11H,2-5,7,12H2,1H3. The number of Topliss-reactive ketones (excluding diaryl/α,β-unsaturated/α-hetero) is 1. The number of rotatable bonds is 4. The van der Waals surface area contributed by atoms with Gasteiger partial charge < -0.3 is 0 Å². The Hall–Kier alpha value is -1.02. The van der Waals surface area contributed by atoms with Gasteiger partial charge in [-0.2, -0.15) is 0 Å². The Bertz CT molecular complexity index is 431. The maximum absolute atomic E-state index is 12.1. The van der Waals surface area contributed by atoms with Crippen molar-refractivity contribution in [1.29, 1.82) is 0 Å². The lowest BCUT2D eigenvalue weighted by Crippen LogP contribution is -2.05. The highest BCUT2D eigenvalue weighted by Crippen LogP contribution is 2.23. The number of carbonyl (C=O) groups excluding carboxylic acids is 1. The van der Waals surface area contributed by atoms with E-state index in [4.69, 9.17) is 0 Å². The Kier molecular flexibility index (Phi) is 5.06. The van der Waals surface area contributed by atoms with Gasteiger partial charge in [0.15, 0.2) is 5.78 Å². The first kappa shape index (κ1) is 13.4. The van der Waals surface area contributed by atoms with Gasteiger partial charge in [-0.25, -0.2) is 0 Å². The fourth-order valence-corrected chi connectivity index (χ4v) is 2.96. The molecule has 1 aliphatic carbocycles. The fraction of sp³-hybridized carbons (Fsp3) is 0.438. The molecule has 0 atom stereocenters. The van der Waals surface area contributed by atoms with Crippen LogP contribution in [0.4, 0.5) is 0 Å². The first-order chi connectivity index (χ1) is 8.75. The van der Waals surface area contributed by atoms with Crippen molar-refractivity contribution in [3.8, 4) is 0 Å². The van der Waals surface area contributed by atoms with Crippen LogP contribution in [0.25, 0.3) is 0 Å². The number of hydrogen-bond donors (Lipinski definition) is 0. The summed E-state index contributed by atoms with van der Waals surface area (Å²) in [5.74, 6) is 0.900. The summed E-state index contributed by atoms with van der Waals surface area (Å²) in [6.07, 6.45) is 7.89. The van der Waals surface area contributed by atoms with Crippen molar-refractivity contribution in [2.45, 2.75) is 43.9 Å². The van der Waals surface area contributed by atoms with Gasteiger partial charge in [0, 0.05) is 4.90 Å². The SMILES string of the molecule is Cc1ccc(SCC(=O)C2=CCCCCC2)cc1. The molecule has 0 aliphatic heterocycles. The zero-order valence-electron chi connectivity index (χ0n) is 10.9. The molecule has 0 saturated heterocycles. The second-order valence-corrected chi connectivity index (χ2v) is 5.90. The molecular weight excluding hydrogens is 240 g/mol. The minimum absolute atomic E-state index is 0.322. The average molecular weight is 260 g/mol. The quantitative estimate of drug-likeness (QED) is 0.739. The van der Waals surface area contributed by atoms with Gasteiger partial charge >= 0.3 is 0 Å². The summed E-state index contributed by atoms with van der Waals surface area (Å²) in [5, 5.41) is 0. The number of hydrogen-bond acceptors (Lipinski definition) is 2. The van der Waals surface area contributed by atoms with E-state index in [0.717, 1.165) is 18.4 Å². The molecule has 0 spiro atoms. The van der Waals surface area contributed by atoms with Crippen LogP contribution in [-0.2, 0) is 4.79 Å². The van der Waals surface area contributed by atoms with Gasteiger partial charge in [0.05, 0.1) is 5.75 Å². The van der Waals surface area contributed by atoms with E-state index in [1.54, 1.807) is 11.8 Å². The number of aryl methyl sites for hydroxylation is 1. The monoisotopic (exact) mass is 260 g/mol. The highest BCUT2D eigenvalue weighted by atomic mass is 32.2. The zero-order chi connectivity index (χ0) is 12.8. The molecule has 0 aromatic heterocycles. The maximum Gasteiger partial charge on any atom is 0.168 e. The third-order valence-electron chi connectivity index (χ3n) is 3.29. The molecule has 96 valence electrons. The van der Waals surface area contributed by atoms with Crippen molar-refractivity contribution in [3.05, 3.63) is 41.5 Å². The number of carbonyl (C=O) groups is 1. The lowest BCUT2D eigenvalue weighted by atomic mass is 10.1. The lowest BCUT2D eigenvalue weighted by Gasteiger charge is -2.05. The van der Waals surface area contributed by atoms with Crippen molar-refractivity contribution in [1.82, 2.24) is 0 Å². The van der Waals surface area contributed by atoms with Crippen molar-refractivity contribution >= 4 is 17.5 Å². The van der Waals surface area contributed by atoms with Crippen LogP contribution in [0.3, 0.4) is 0 Å². The van der Waals surface area contributed by atoms with E-state index < -0.39 is 0 Å². The summed E-state index contributed by atoms with van der Waals surface area (Å²) in [5.41, 5.74) is 2.32. The van der Waals surface area contributed by atoms with Crippen molar-refractivity contribution < 1.29 is 4.79 Å². The third-order valence-corrected chi connectivity index (χ3v) is 4.30. The molecule has 0 heterocycles. The molecule has 1 aromatic rings. The molecule has 0 unspecified atom stereocenters. The molecule has 1 aliphatic rings. The molecule has 0 fully saturated rings. The van der Waals surface area contributed by atoms with Gasteiger partial charge in [0.25, 0.3) is 0 Å². The molecule has 18 heavy (non-hydrogen) atoms. The normalized spacial score (nSPS) is 15.9. The molecule has 0 radical (unpaired) electrons. The van der Waals surface area contributed by atoms with E-state index in [1.165, 1.54) is 29.7 Å². The Morgan fingerprint density at radius 1 is 1.17 bits per heavy atom. The summed E-state index contributed by atoms with van der Waals surface area (Å²) in [4.78, 5) is 13.3. The lowest BCUT2D eigenvalue weighted by molar-refractivity contribution is -0.113. The summed E-state index contributed by atoms with van der Waals surface area (Å²) in [6, 6.07) is 8.37. The minimum atomic E-state index is 0.322. The first-order valence-electron chi connectivity index (χ1n) is 6.67. The van der Waals surface area contributed by atoms with Gasteiger partial charge in [-0.15, -0.1) is 11.8 Å². The van der Waals surface area contributed by atoms with Crippen LogP contribution in [0.15, 0.2) is 40.8 Å². The second-order valence-electron chi connectivity index (χ2n) is 4.85. The molecule has 0 bridgehead atoms. The summed E-state index contributed by atoms with van der Waals surface area (Å²) < 4.78 is 0. The minimum Gasteiger partial charge on any atom is -0.294 e. The van der Waals surface area contributed by atoms with Crippen molar-refractivity contribution in [2.75, 3.05) is 5.75 Å². The first-order valence-corrected chi connectivity index (χ1v) is 7.66. The average Bonchev–Trinajstić information content (AvgIpc) is 2.66. The van der Waals surface area contributed by atoms with E-state index in [-0.39, 0.29) is 0 Å². The van der Waals surface area contributed by atoms with E-state index in [2.05, 4.69) is 37.3 Å². The molecule has 2 rings (SSSR count). The summed E-state index contributed by atoms with van der Waals surface area (Å²) >= 11 is 1.65. The van der Waals surface area contributed by atoms with Crippen molar-refractivity contribution in [3.63, 3.8) is 0 Å². The van der Waals surface area contributed by atoms with Crippen LogP contribution < -0.4 is 0 Å². The smallest absolute Gasteiger partial charge is 0.168 e. The number of allylic oxidation sites excluding steroid dienone is 2. The molecule has 0 amide bonds. The molecule has 0 N–H and O–H groups in total. The van der Waals surface area contributed by atoms with E-state index >= 15 is 0 Å². The van der Waals surface area contributed by atoms with Gasteiger partial charge in [0.2, 0.25) is 0 Å². The Balaban J connectivity index is 1.87.